The zero-order valence-corrected chi connectivity index (χ0v) is 17.5. The molecule has 3 aromatic heterocycles. The lowest BCUT2D eigenvalue weighted by atomic mass is 9.94. The molecule has 4 heterocycles. The van der Waals surface area contributed by atoms with Gasteiger partial charge in [-0.05, 0) is 38.0 Å². The van der Waals surface area contributed by atoms with E-state index >= 15 is 0 Å². The third-order valence-electron chi connectivity index (χ3n) is 5.36. The van der Waals surface area contributed by atoms with E-state index in [1.165, 1.54) is 5.56 Å². The Morgan fingerprint density at radius 3 is 2.82 bits per heavy atom. The van der Waals surface area contributed by atoms with Gasteiger partial charge in [-0.3, -0.25) is 14.5 Å². The number of nitrogens with zero attached hydrogens (tertiary/aromatic N) is 2. The van der Waals surface area contributed by atoms with Crippen LogP contribution in [0.1, 0.15) is 56.2 Å². The summed E-state index contributed by atoms with van der Waals surface area (Å²) in [6.07, 6.45) is 5.49. The van der Waals surface area contributed by atoms with Crippen molar-refractivity contribution in [3.63, 3.8) is 0 Å². The molecule has 150 valence electrons. The quantitative estimate of drug-likeness (QED) is 0.634. The number of ether oxygens (including phenoxy) is 1. The lowest BCUT2D eigenvalue weighted by Gasteiger charge is -2.30. The SMILES string of the molecule is CCCCCn1c(=O)n(Cc2ccco2)c(=N)c2c3c(sc21)COC(C)(C)C3. The standard InChI is InChI=1S/C21H27N3O3S/c1-4-5-6-9-23-19-17(15-11-21(2,3)27-13-16(15)28-19)18(22)24(20(23)25)12-14-8-7-10-26-14/h7-8,10,22H,4-6,9,11-13H2,1-3H3. The number of rotatable bonds is 6. The van der Waals surface area contributed by atoms with Crippen molar-refractivity contribution >= 4 is 21.6 Å². The van der Waals surface area contributed by atoms with E-state index in [4.69, 9.17) is 14.6 Å². The summed E-state index contributed by atoms with van der Waals surface area (Å²) in [5.41, 5.74) is 1.04. The largest absolute Gasteiger partial charge is 0.467 e. The highest BCUT2D eigenvalue weighted by Crippen LogP contribution is 2.37. The maximum atomic E-state index is 13.3. The number of fused-ring (bicyclic) bond motifs is 3. The topological polar surface area (TPSA) is 73.2 Å². The van der Waals surface area contributed by atoms with E-state index in [-0.39, 0.29) is 23.3 Å². The van der Waals surface area contributed by atoms with Gasteiger partial charge < -0.3 is 9.15 Å². The van der Waals surface area contributed by atoms with Crippen LogP contribution < -0.4 is 11.2 Å². The van der Waals surface area contributed by atoms with Crippen molar-refractivity contribution in [1.82, 2.24) is 9.13 Å². The van der Waals surface area contributed by atoms with Gasteiger partial charge in [-0.2, -0.15) is 0 Å². The molecule has 0 spiro atoms. The van der Waals surface area contributed by atoms with Crippen molar-refractivity contribution in [1.29, 1.82) is 5.41 Å². The third-order valence-corrected chi connectivity index (χ3v) is 6.59. The molecular weight excluding hydrogens is 374 g/mol. The van der Waals surface area contributed by atoms with Crippen LogP contribution in [0.2, 0.25) is 0 Å². The summed E-state index contributed by atoms with van der Waals surface area (Å²) in [7, 11) is 0. The van der Waals surface area contributed by atoms with Crippen molar-refractivity contribution < 1.29 is 9.15 Å². The van der Waals surface area contributed by atoms with Gasteiger partial charge in [0.05, 0.1) is 30.4 Å². The molecular formula is C21H27N3O3S. The molecule has 0 fully saturated rings. The number of furan rings is 1. The summed E-state index contributed by atoms with van der Waals surface area (Å²) in [5, 5.41) is 9.75. The number of unbranched alkanes of at least 4 members (excludes halogenated alkanes) is 2. The number of nitrogens with one attached hydrogen (secondary N) is 1. The highest BCUT2D eigenvalue weighted by Gasteiger charge is 2.31. The van der Waals surface area contributed by atoms with Crippen LogP contribution in [0, 0.1) is 5.41 Å². The fraction of sp³-hybridized carbons (Fsp3) is 0.524. The van der Waals surface area contributed by atoms with Gasteiger partial charge in [0.2, 0.25) is 0 Å². The van der Waals surface area contributed by atoms with Crippen molar-refractivity contribution in [2.45, 2.75) is 71.8 Å². The monoisotopic (exact) mass is 401 g/mol. The van der Waals surface area contributed by atoms with Crippen LogP contribution in [0.5, 0.6) is 0 Å². The van der Waals surface area contributed by atoms with E-state index in [9.17, 15) is 4.79 Å². The normalized spacial score (nSPS) is 15.8. The number of aromatic nitrogens is 2. The molecule has 4 rings (SSSR count). The van der Waals surface area contributed by atoms with Crippen LogP contribution >= 0.6 is 11.3 Å². The summed E-state index contributed by atoms with van der Waals surface area (Å²) >= 11 is 1.61. The minimum atomic E-state index is -0.261. The smallest absolute Gasteiger partial charge is 0.331 e. The average Bonchev–Trinajstić information content (AvgIpc) is 3.28. The van der Waals surface area contributed by atoms with E-state index < -0.39 is 0 Å². The molecule has 28 heavy (non-hydrogen) atoms. The summed E-state index contributed by atoms with van der Waals surface area (Å²) in [6.45, 7) is 7.81. The van der Waals surface area contributed by atoms with Gasteiger partial charge >= 0.3 is 5.69 Å². The Hall–Kier alpha value is -2.12. The van der Waals surface area contributed by atoms with Crippen molar-refractivity contribution in [2.24, 2.45) is 0 Å². The van der Waals surface area contributed by atoms with Crippen molar-refractivity contribution in [3.8, 4) is 0 Å². The summed E-state index contributed by atoms with van der Waals surface area (Å²) in [4.78, 5) is 15.4. The molecule has 0 unspecified atom stereocenters. The van der Waals surface area contributed by atoms with Crippen LogP contribution in [0.4, 0.5) is 0 Å². The van der Waals surface area contributed by atoms with E-state index in [1.807, 2.05) is 16.7 Å². The molecule has 0 saturated carbocycles. The number of thiophene rings is 1. The molecule has 0 aliphatic carbocycles. The molecule has 1 N–H and O–H groups in total. The minimum absolute atomic E-state index is 0.135. The molecule has 0 bridgehead atoms. The van der Waals surface area contributed by atoms with Crippen molar-refractivity contribution in [3.05, 3.63) is 50.6 Å². The first-order valence-electron chi connectivity index (χ1n) is 9.90. The molecule has 3 aromatic rings. The molecule has 0 radical (unpaired) electrons. The third kappa shape index (κ3) is 3.37. The average molecular weight is 402 g/mol. The predicted molar refractivity (Wildman–Crippen MR) is 110 cm³/mol. The fourth-order valence-electron chi connectivity index (χ4n) is 3.86. The van der Waals surface area contributed by atoms with Crippen LogP contribution in [-0.4, -0.2) is 14.7 Å². The van der Waals surface area contributed by atoms with E-state index in [2.05, 4.69) is 20.8 Å². The van der Waals surface area contributed by atoms with E-state index in [0.29, 0.717) is 18.9 Å². The Labute approximate surface area is 167 Å². The zero-order valence-electron chi connectivity index (χ0n) is 16.7. The Kier molecular flexibility index (Phi) is 5.05. The lowest BCUT2D eigenvalue weighted by Crippen LogP contribution is -2.40. The van der Waals surface area contributed by atoms with E-state index in [1.54, 1.807) is 22.2 Å². The Morgan fingerprint density at radius 1 is 1.29 bits per heavy atom. The maximum Gasteiger partial charge on any atom is 0.331 e. The molecule has 7 heteroatoms. The Balaban J connectivity index is 1.93. The van der Waals surface area contributed by atoms with Gasteiger partial charge in [0.15, 0.2) is 0 Å². The van der Waals surface area contributed by atoms with Crippen molar-refractivity contribution in [2.75, 3.05) is 0 Å². The molecule has 0 amide bonds. The number of hydrogen-bond acceptors (Lipinski definition) is 5. The van der Waals surface area contributed by atoms with Gasteiger partial charge in [-0.25, -0.2) is 4.79 Å². The predicted octanol–water partition coefficient (Wildman–Crippen LogP) is 4.03. The molecule has 0 atom stereocenters. The van der Waals surface area contributed by atoms with Gasteiger partial charge in [0, 0.05) is 17.8 Å². The first-order valence-corrected chi connectivity index (χ1v) is 10.7. The Bertz CT molecular complexity index is 1100. The van der Waals surface area contributed by atoms with Gasteiger partial charge in [-0.1, -0.05) is 19.8 Å². The lowest BCUT2D eigenvalue weighted by molar-refractivity contribution is -0.0379. The van der Waals surface area contributed by atoms with Crippen LogP contribution in [0.25, 0.3) is 10.2 Å². The fourth-order valence-corrected chi connectivity index (χ4v) is 5.11. The molecule has 1 aliphatic rings. The van der Waals surface area contributed by atoms with Crippen LogP contribution in [-0.2, 0) is 30.9 Å². The highest BCUT2D eigenvalue weighted by molar-refractivity contribution is 7.18. The molecule has 0 saturated heterocycles. The van der Waals surface area contributed by atoms with Gasteiger partial charge in [0.25, 0.3) is 0 Å². The summed E-state index contributed by atoms with van der Waals surface area (Å²) in [5.74, 6) is 0.683. The van der Waals surface area contributed by atoms with Gasteiger partial charge in [-0.15, -0.1) is 11.3 Å². The molecule has 1 aliphatic heterocycles. The van der Waals surface area contributed by atoms with Crippen LogP contribution in [0.15, 0.2) is 27.6 Å². The first kappa shape index (κ1) is 19.2. The summed E-state index contributed by atoms with van der Waals surface area (Å²) < 4.78 is 14.8. The van der Waals surface area contributed by atoms with Crippen LogP contribution in [0.3, 0.4) is 0 Å². The number of aryl methyl sites for hydroxylation is 1. The second kappa shape index (κ2) is 7.37. The second-order valence-corrected chi connectivity index (χ2v) is 9.15. The summed E-state index contributed by atoms with van der Waals surface area (Å²) in [6, 6.07) is 3.65. The van der Waals surface area contributed by atoms with E-state index in [0.717, 1.165) is 40.8 Å². The highest BCUT2D eigenvalue weighted by atomic mass is 32.1. The zero-order chi connectivity index (χ0) is 19.9. The van der Waals surface area contributed by atoms with Gasteiger partial charge in [0.1, 0.15) is 16.1 Å². The Morgan fingerprint density at radius 2 is 2.11 bits per heavy atom. The number of hydrogen-bond donors (Lipinski definition) is 1. The molecule has 6 nitrogen and oxygen atoms in total. The maximum absolute atomic E-state index is 13.3. The molecule has 0 aromatic carbocycles. The first-order chi connectivity index (χ1) is 13.4. The minimum Gasteiger partial charge on any atom is -0.467 e. The second-order valence-electron chi connectivity index (χ2n) is 8.06.